The smallest absolute Gasteiger partial charge is 0.0637 e. The summed E-state index contributed by atoms with van der Waals surface area (Å²) >= 11 is 2.05. The molecule has 4 heteroatoms. The van der Waals surface area contributed by atoms with Gasteiger partial charge in [-0.05, 0) is 12.8 Å². The molecule has 0 bridgehead atoms. The van der Waals surface area contributed by atoms with Crippen LogP contribution in [0.1, 0.15) is 32.1 Å². The molecule has 1 saturated carbocycles. The summed E-state index contributed by atoms with van der Waals surface area (Å²) in [6.45, 7) is 0.705. The maximum atomic E-state index is 5.43. The molecule has 0 aromatic heterocycles. The van der Waals surface area contributed by atoms with Gasteiger partial charge >= 0.3 is 0 Å². The van der Waals surface area contributed by atoms with Crippen LogP contribution in [0.5, 0.6) is 0 Å². The van der Waals surface area contributed by atoms with E-state index in [-0.39, 0.29) is 0 Å². The molecule has 0 saturated heterocycles. The third kappa shape index (κ3) is 4.64. The highest BCUT2D eigenvalue weighted by Gasteiger charge is 2.15. The highest BCUT2D eigenvalue weighted by molar-refractivity contribution is 7.99. The molecule has 0 heterocycles. The van der Waals surface area contributed by atoms with E-state index in [0.717, 1.165) is 11.0 Å². The van der Waals surface area contributed by atoms with E-state index >= 15 is 0 Å². The van der Waals surface area contributed by atoms with Gasteiger partial charge in [0.05, 0.1) is 12.6 Å². The zero-order valence-electron chi connectivity index (χ0n) is 9.00. The largest absolute Gasteiger partial charge is 0.383 e. The summed E-state index contributed by atoms with van der Waals surface area (Å²) in [4.78, 5) is 0. The lowest BCUT2D eigenvalue weighted by Crippen LogP contribution is -2.40. The van der Waals surface area contributed by atoms with Crippen LogP contribution < -0.4 is 11.3 Å². The van der Waals surface area contributed by atoms with E-state index in [4.69, 9.17) is 10.6 Å². The maximum Gasteiger partial charge on any atom is 0.0637 e. The van der Waals surface area contributed by atoms with E-state index in [0.29, 0.717) is 12.6 Å². The fraction of sp³-hybridized carbons (Fsp3) is 1.00. The molecule has 84 valence electrons. The van der Waals surface area contributed by atoms with Crippen LogP contribution in [0.3, 0.4) is 0 Å². The molecule has 0 aromatic rings. The lowest BCUT2D eigenvalue weighted by atomic mass is 10.0. The zero-order chi connectivity index (χ0) is 10.2. The molecule has 0 radical (unpaired) electrons. The molecule has 14 heavy (non-hydrogen) atoms. The number of nitrogens with two attached hydrogens (primary N) is 1. The van der Waals surface area contributed by atoms with Gasteiger partial charge in [0.2, 0.25) is 0 Å². The topological polar surface area (TPSA) is 47.3 Å². The van der Waals surface area contributed by atoms with Crippen LogP contribution in [-0.2, 0) is 4.74 Å². The highest BCUT2D eigenvalue weighted by atomic mass is 32.2. The van der Waals surface area contributed by atoms with Gasteiger partial charge in [-0.25, -0.2) is 0 Å². The molecular formula is C10H22N2OS. The van der Waals surface area contributed by atoms with Crippen LogP contribution in [0.2, 0.25) is 0 Å². The maximum absolute atomic E-state index is 5.43. The molecule has 3 N–H and O–H groups in total. The molecule has 1 aliphatic carbocycles. The normalized spacial score (nSPS) is 21.0. The van der Waals surface area contributed by atoms with Crippen molar-refractivity contribution in [2.45, 2.75) is 43.4 Å². The lowest BCUT2D eigenvalue weighted by Gasteiger charge is -2.23. The van der Waals surface area contributed by atoms with Crippen LogP contribution in [0.4, 0.5) is 0 Å². The number of hydrazine groups is 1. The van der Waals surface area contributed by atoms with Gasteiger partial charge in [-0.1, -0.05) is 19.3 Å². The van der Waals surface area contributed by atoms with Gasteiger partial charge in [-0.15, -0.1) is 0 Å². The second kappa shape index (κ2) is 7.51. The average Bonchev–Trinajstić information content (AvgIpc) is 2.25. The number of hydrogen-bond donors (Lipinski definition) is 2. The van der Waals surface area contributed by atoms with Crippen LogP contribution in [0.25, 0.3) is 0 Å². The zero-order valence-corrected chi connectivity index (χ0v) is 9.81. The Morgan fingerprint density at radius 2 is 2.14 bits per heavy atom. The number of hydrogen-bond acceptors (Lipinski definition) is 4. The first-order valence-corrected chi connectivity index (χ1v) is 6.48. The second-order valence-electron chi connectivity index (χ2n) is 3.91. The summed E-state index contributed by atoms with van der Waals surface area (Å²) in [5, 5.41) is 0.858. The average molecular weight is 218 g/mol. The minimum atomic E-state index is 0.298. The van der Waals surface area contributed by atoms with Crippen LogP contribution in [-0.4, -0.2) is 30.8 Å². The first-order chi connectivity index (χ1) is 6.86. The standard InChI is InChI=1S/C10H22N2OS/c1-13-7-9(12-11)8-14-10-5-3-2-4-6-10/h9-10,12H,2-8,11H2,1H3. The van der Waals surface area contributed by atoms with Crippen molar-refractivity contribution in [3.63, 3.8) is 0 Å². The van der Waals surface area contributed by atoms with Gasteiger partial charge in [0.1, 0.15) is 0 Å². The predicted molar refractivity (Wildman–Crippen MR) is 62.3 cm³/mol. The van der Waals surface area contributed by atoms with Gasteiger partial charge in [0.15, 0.2) is 0 Å². The molecule has 0 spiro atoms. The Bertz CT molecular complexity index is 135. The number of nitrogens with one attached hydrogen (secondary N) is 1. The van der Waals surface area contributed by atoms with Crippen molar-refractivity contribution in [2.24, 2.45) is 5.84 Å². The number of methoxy groups -OCH3 is 1. The lowest BCUT2D eigenvalue weighted by molar-refractivity contribution is 0.174. The molecule has 0 aromatic carbocycles. The van der Waals surface area contributed by atoms with Crippen molar-refractivity contribution in [3.05, 3.63) is 0 Å². The minimum absolute atomic E-state index is 0.298. The molecule has 1 rings (SSSR count). The second-order valence-corrected chi connectivity index (χ2v) is 5.25. The summed E-state index contributed by atoms with van der Waals surface area (Å²) in [6, 6.07) is 0.298. The Hall–Kier alpha value is 0.230. The van der Waals surface area contributed by atoms with Crippen molar-refractivity contribution in [1.29, 1.82) is 0 Å². The third-order valence-corrected chi connectivity index (χ3v) is 4.23. The number of rotatable bonds is 6. The fourth-order valence-corrected chi connectivity index (χ4v) is 3.19. The van der Waals surface area contributed by atoms with Crippen molar-refractivity contribution < 1.29 is 4.74 Å². The Balaban J connectivity index is 2.10. The van der Waals surface area contributed by atoms with E-state index in [2.05, 4.69) is 5.43 Å². The monoisotopic (exact) mass is 218 g/mol. The summed E-state index contributed by atoms with van der Waals surface area (Å²) < 4.78 is 5.08. The minimum Gasteiger partial charge on any atom is -0.383 e. The summed E-state index contributed by atoms with van der Waals surface area (Å²) in [5.41, 5.74) is 2.80. The Morgan fingerprint density at radius 3 is 2.71 bits per heavy atom. The molecule has 3 nitrogen and oxygen atoms in total. The van der Waals surface area contributed by atoms with Crippen molar-refractivity contribution in [1.82, 2.24) is 5.43 Å². The van der Waals surface area contributed by atoms with Gasteiger partial charge in [-0.2, -0.15) is 11.8 Å². The van der Waals surface area contributed by atoms with Gasteiger partial charge in [0.25, 0.3) is 0 Å². The van der Waals surface area contributed by atoms with Crippen LogP contribution >= 0.6 is 11.8 Å². The van der Waals surface area contributed by atoms with E-state index < -0.39 is 0 Å². The van der Waals surface area contributed by atoms with E-state index in [9.17, 15) is 0 Å². The molecule has 1 fully saturated rings. The number of ether oxygens (including phenoxy) is 1. The summed E-state index contributed by atoms with van der Waals surface area (Å²) in [6.07, 6.45) is 7.00. The van der Waals surface area contributed by atoms with E-state index in [1.54, 1.807) is 7.11 Å². The van der Waals surface area contributed by atoms with Gasteiger partial charge in [-0.3, -0.25) is 11.3 Å². The Labute approximate surface area is 91.1 Å². The molecule has 0 aliphatic heterocycles. The Kier molecular flexibility index (Phi) is 6.60. The molecule has 1 atom stereocenters. The van der Waals surface area contributed by atoms with Gasteiger partial charge < -0.3 is 4.74 Å². The van der Waals surface area contributed by atoms with E-state index in [1.807, 2.05) is 11.8 Å². The highest BCUT2D eigenvalue weighted by Crippen LogP contribution is 2.28. The van der Waals surface area contributed by atoms with Gasteiger partial charge in [0, 0.05) is 18.1 Å². The van der Waals surface area contributed by atoms with Crippen molar-refractivity contribution in [2.75, 3.05) is 19.5 Å². The van der Waals surface area contributed by atoms with Crippen molar-refractivity contribution >= 4 is 11.8 Å². The Morgan fingerprint density at radius 1 is 1.43 bits per heavy atom. The third-order valence-electron chi connectivity index (χ3n) is 2.69. The SMILES string of the molecule is COCC(CSC1CCCCC1)NN. The number of thioether (sulfide) groups is 1. The summed E-state index contributed by atoms with van der Waals surface area (Å²) in [7, 11) is 1.72. The predicted octanol–water partition coefficient (Wildman–Crippen LogP) is 1.53. The molecule has 1 aliphatic rings. The summed E-state index contributed by atoms with van der Waals surface area (Å²) in [5.74, 6) is 6.50. The quantitative estimate of drug-likeness (QED) is 0.524. The van der Waals surface area contributed by atoms with Crippen LogP contribution in [0, 0.1) is 0 Å². The molecule has 0 amide bonds. The molecular weight excluding hydrogens is 196 g/mol. The first kappa shape index (κ1) is 12.3. The van der Waals surface area contributed by atoms with E-state index in [1.165, 1.54) is 32.1 Å². The van der Waals surface area contributed by atoms with Crippen LogP contribution in [0.15, 0.2) is 0 Å². The fourth-order valence-electron chi connectivity index (χ4n) is 1.83. The molecule has 1 unspecified atom stereocenters. The van der Waals surface area contributed by atoms with Crippen molar-refractivity contribution in [3.8, 4) is 0 Å². The first-order valence-electron chi connectivity index (χ1n) is 5.43.